The van der Waals surface area contributed by atoms with Gasteiger partial charge in [0.1, 0.15) is 6.04 Å². The minimum Gasteiger partial charge on any atom is -0.468 e. The number of nitrogens with zero attached hydrogens (tertiary/aromatic N) is 3. The molecule has 0 amide bonds. The van der Waals surface area contributed by atoms with Gasteiger partial charge in [-0.3, -0.25) is 9.48 Å². The van der Waals surface area contributed by atoms with E-state index in [2.05, 4.69) is 15.6 Å². The molecular weight excluding hydrogens is 220 g/mol. The molecule has 0 saturated heterocycles. The van der Waals surface area contributed by atoms with Gasteiger partial charge in [0, 0.05) is 12.7 Å². The van der Waals surface area contributed by atoms with Crippen LogP contribution < -0.4 is 5.32 Å². The van der Waals surface area contributed by atoms with Crippen molar-refractivity contribution in [1.29, 1.82) is 0 Å². The first-order valence-corrected chi connectivity index (χ1v) is 5.96. The topological polar surface area (TPSA) is 69.0 Å². The fourth-order valence-electron chi connectivity index (χ4n) is 1.85. The Morgan fingerprint density at radius 3 is 3.06 bits per heavy atom. The maximum absolute atomic E-state index is 11.5. The van der Waals surface area contributed by atoms with Crippen molar-refractivity contribution in [3.8, 4) is 0 Å². The smallest absolute Gasteiger partial charge is 0.323 e. The minimum atomic E-state index is -0.145. The number of ether oxygens (including phenoxy) is 1. The maximum atomic E-state index is 11.5. The molecule has 1 saturated carbocycles. The predicted octanol–water partition coefficient (Wildman–Crippen LogP) is 0.209. The van der Waals surface area contributed by atoms with E-state index in [9.17, 15) is 4.79 Å². The summed E-state index contributed by atoms with van der Waals surface area (Å²) in [6.45, 7) is 1.60. The highest BCUT2D eigenvalue weighted by molar-refractivity contribution is 5.76. The fraction of sp³-hybridized carbons (Fsp3) is 0.727. The first-order chi connectivity index (χ1) is 8.31. The van der Waals surface area contributed by atoms with Gasteiger partial charge < -0.3 is 10.1 Å². The zero-order valence-electron chi connectivity index (χ0n) is 10.0. The summed E-state index contributed by atoms with van der Waals surface area (Å²) >= 11 is 0. The Kier molecular flexibility index (Phi) is 4.08. The molecule has 1 aromatic rings. The largest absolute Gasteiger partial charge is 0.468 e. The summed E-state index contributed by atoms with van der Waals surface area (Å²) in [5.41, 5.74) is 0. The second kappa shape index (κ2) is 5.77. The van der Waals surface area contributed by atoms with Crippen LogP contribution in [-0.2, 0) is 16.1 Å². The molecule has 0 bridgehead atoms. The average molecular weight is 238 g/mol. The van der Waals surface area contributed by atoms with Crippen LogP contribution in [0.5, 0.6) is 0 Å². The van der Waals surface area contributed by atoms with Crippen LogP contribution in [0, 0.1) is 5.92 Å². The number of carbonyl (C=O) groups excluding carboxylic acids is 1. The molecule has 1 atom stereocenters. The second-order valence-corrected chi connectivity index (χ2v) is 4.31. The molecule has 1 aliphatic rings. The third-order valence-electron chi connectivity index (χ3n) is 2.95. The van der Waals surface area contributed by atoms with Crippen LogP contribution in [0.15, 0.2) is 12.4 Å². The molecule has 1 N–H and O–H groups in total. The van der Waals surface area contributed by atoms with E-state index in [0.29, 0.717) is 5.92 Å². The van der Waals surface area contributed by atoms with Crippen LogP contribution in [0.25, 0.3) is 0 Å². The molecule has 1 unspecified atom stereocenters. The predicted molar refractivity (Wildman–Crippen MR) is 61.2 cm³/mol. The highest BCUT2D eigenvalue weighted by Crippen LogP contribution is 2.33. The number of aromatic nitrogens is 3. The monoisotopic (exact) mass is 238 g/mol. The van der Waals surface area contributed by atoms with E-state index >= 15 is 0 Å². The van der Waals surface area contributed by atoms with Crippen molar-refractivity contribution < 1.29 is 9.53 Å². The molecule has 1 aliphatic carbocycles. The Balaban J connectivity index is 1.67. The molecule has 6 heteroatoms. The van der Waals surface area contributed by atoms with E-state index in [1.165, 1.54) is 7.11 Å². The van der Waals surface area contributed by atoms with Gasteiger partial charge in [-0.25, -0.2) is 0 Å². The number of rotatable bonds is 7. The standard InChI is InChI=1S/C11H18N4O2/c1-17-11(16)10(9-3-4-9)12-5-2-7-15-8-6-13-14-15/h6,8-10,12H,2-5,7H2,1H3. The normalized spacial score (nSPS) is 16.8. The number of nitrogens with one attached hydrogen (secondary N) is 1. The van der Waals surface area contributed by atoms with E-state index in [4.69, 9.17) is 4.74 Å². The molecule has 0 spiro atoms. The quantitative estimate of drug-likeness (QED) is 0.543. The lowest BCUT2D eigenvalue weighted by Gasteiger charge is -2.15. The number of methoxy groups -OCH3 is 1. The molecule has 0 aliphatic heterocycles. The Labute approximate surface area is 100 Å². The SMILES string of the molecule is COC(=O)C(NCCCn1ccnn1)C1CC1. The highest BCUT2D eigenvalue weighted by Gasteiger charge is 2.36. The van der Waals surface area contributed by atoms with Crippen molar-refractivity contribution in [3.05, 3.63) is 12.4 Å². The van der Waals surface area contributed by atoms with Crippen LogP contribution in [0.2, 0.25) is 0 Å². The lowest BCUT2D eigenvalue weighted by molar-refractivity contribution is -0.143. The van der Waals surface area contributed by atoms with Crippen molar-refractivity contribution >= 4 is 5.97 Å². The van der Waals surface area contributed by atoms with E-state index in [1.54, 1.807) is 10.9 Å². The molecule has 1 heterocycles. The lowest BCUT2D eigenvalue weighted by atomic mass is 10.2. The first kappa shape index (κ1) is 12.0. The van der Waals surface area contributed by atoms with Gasteiger partial charge >= 0.3 is 5.97 Å². The molecule has 2 rings (SSSR count). The summed E-state index contributed by atoms with van der Waals surface area (Å²) < 4.78 is 6.57. The summed E-state index contributed by atoms with van der Waals surface area (Å²) in [6.07, 6.45) is 6.66. The van der Waals surface area contributed by atoms with Crippen LogP contribution in [-0.4, -0.2) is 40.7 Å². The van der Waals surface area contributed by atoms with E-state index in [0.717, 1.165) is 32.4 Å². The number of carbonyl (C=O) groups is 1. The van der Waals surface area contributed by atoms with Crippen molar-refractivity contribution in [1.82, 2.24) is 20.3 Å². The summed E-state index contributed by atoms with van der Waals surface area (Å²) in [4.78, 5) is 11.5. The van der Waals surface area contributed by atoms with E-state index in [-0.39, 0.29) is 12.0 Å². The minimum absolute atomic E-state index is 0.129. The van der Waals surface area contributed by atoms with Gasteiger partial charge in [0.15, 0.2) is 0 Å². The summed E-state index contributed by atoms with van der Waals surface area (Å²) in [7, 11) is 1.44. The van der Waals surface area contributed by atoms with Gasteiger partial charge in [0.25, 0.3) is 0 Å². The third kappa shape index (κ3) is 3.52. The van der Waals surface area contributed by atoms with E-state index in [1.807, 2.05) is 6.20 Å². The van der Waals surface area contributed by atoms with Crippen molar-refractivity contribution in [2.45, 2.75) is 31.8 Å². The summed E-state index contributed by atoms with van der Waals surface area (Å²) in [6, 6.07) is -0.129. The zero-order chi connectivity index (χ0) is 12.1. The Hall–Kier alpha value is -1.43. The second-order valence-electron chi connectivity index (χ2n) is 4.31. The molecule has 17 heavy (non-hydrogen) atoms. The van der Waals surface area contributed by atoms with Gasteiger partial charge in [-0.15, -0.1) is 5.10 Å². The van der Waals surface area contributed by atoms with Crippen LogP contribution in [0.4, 0.5) is 0 Å². The molecule has 0 radical (unpaired) electrons. The summed E-state index contributed by atoms with van der Waals surface area (Å²) in [5.74, 6) is 0.321. The van der Waals surface area contributed by atoms with Gasteiger partial charge in [-0.2, -0.15) is 0 Å². The average Bonchev–Trinajstić information content (AvgIpc) is 3.04. The fourth-order valence-corrected chi connectivity index (χ4v) is 1.85. The van der Waals surface area contributed by atoms with Crippen molar-refractivity contribution in [3.63, 3.8) is 0 Å². The maximum Gasteiger partial charge on any atom is 0.323 e. The van der Waals surface area contributed by atoms with E-state index < -0.39 is 0 Å². The molecule has 0 aromatic carbocycles. The molecule has 1 aromatic heterocycles. The van der Waals surface area contributed by atoms with Crippen LogP contribution in [0.3, 0.4) is 0 Å². The van der Waals surface area contributed by atoms with Crippen molar-refractivity contribution in [2.75, 3.05) is 13.7 Å². The Morgan fingerprint density at radius 2 is 2.47 bits per heavy atom. The molecule has 1 fully saturated rings. The highest BCUT2D eigenvalue weighted by atomic mass is 16.5. The molecule has 94 valence electrons. The van der Waals surface area contributed by atoms with Gasteiger partial charge in [0.2, 0.25) is 0 Å². The number of esters is 1. The number of hydrogen-bond donors (Lipinski definition) is 1. The Morgan fingerprint density at radius 1 is 1.65 bits per heavy atom. The van der Waals surface area contributed by atoms with Gasteiger partial charge in [-0.1, -0.05) is 5.21 Å². The zero-order valence-corrected chi connectivity index (χ0v) is 10.0. The first-order valence-electron chi connectivity index (χ1n) is 5.96. The number of aryl methyl sites for hydroxylation is 1. The lowest BCUT2D eigenvalue weighted by Crippen LogP contribution is -2.40. The van der Waals surface area contributed by atoms with Crippen LogP contribution in [0.1, 0.15) is 19.3 Å². The number of hydrogen-bond acceptors (Lipinski definition) is 5. The van der Waals surface area contributed by atoms with Gasteiger partial charge in [0.05, 0.1) is 13.3 Å². The summed E-state index contributed by atoms with van der Waals surface area (Å²) in [5, 5.41) is 10.9. The Bertz CT molecular complexity index is 348. The van der Waals surface area contributed by atoms with Crippen LogP contribution >= 0.6 is 0 Å². The van der Waals surface area contributed by atoms with Gasteiger partial charge in [-0.05, 0) is 31.7 Å². The molecule has 6 nitrogen and oxygen atoms in total. The molecular formula is C11H18N4O2. The third-order valence-corrected chi connectivity index (χ3v) is 2.95. The van der Waals surface area contributed by atoms with Crippen molar-refractivity contribution in [2.24, 2.45) is 5.92 Å².